The number of ether oxygens (including phenoxy) is 1. The molecule has 3 atom stereocenters. The summed E-state index contributed by atoms with van der Waals surface area (Å²) in [6, 6.07) is -0.819. The van der Waals surface area contributed by atoms with Crippen molar-refractivity contribution < 1.29 is 19.4 Å². The molecule has 0 saturated carbocycles. The summed E-state index contributed by atoms with van der Waals surface area (Å²) < 4.78 is 5.28. The number of rotatable bonds is 4. The number of amides is 1. The molecule has 1 aliphatic rings. The number of aliphatic carboxylic acids is 1. The minimum Gasteiger partial charge on any atom is -0.480 e. The maximum absolute atomic E-state index is 11.8. The summed E-state index contributed by atoms with van der Waals surface area (Å²) >= 11 is 0. The number of carbonyl (C=O) groups is 2. The quantitative estimate of drug-likeness (QED) is 0.741. The maximum Gasteiger partial charge on any atom is 0.326 e. The Labute approximate surface area is 95.2 Å². The Kier molecular flexibility index (Phi) is 4.29. The summed E-state index contributed by atoms with van der Waals surface area (Å²) in [4.78, 5) is 22.7. The van der Waals surface area contributed by atoms with Crippen LogP contribution in [0.15, 0.2) is 0 Å². The van der Waals surface area contributed by atoms with Crippen molar-refractivity contribution in [3.8, 4) is 0 Å². The lowest BCUT2D eigenvalue weighted by molar-refractivity contribution is -0.144. The number of carbonyl (C=O) groups excluding carboxylic acids is 1. The highest BCUT2D eigenvalue weighted by Crippen LogP contribution is 2.20. The van der Waals surface area contributed by atoms with E-state index in [1.807, 2.05) is 6.92 Å². The minimum atomic E-state index is -0.991. The first-order valence-electron chi connectivity index (χ1n) is 5.58. The molecular weight excluding hydrogens is 210 g/mol. The molecule has 1 saturated heterocycles. The molecule has 0 aromatic rings. The second-order valence-electron chi connectivity index (χ2n) is 4.54. The van der Waals surface area contributed by atoms with Crippen molar-refractivity contribution in [2.75, 3.05) is 6.61 Å². The van der Waals surface area contributed by atoms with Crippen molar-refractivity contribution >= 4 is 11.9 Å². The van der Waals surface area contributed by atoms with E-state index in [9.17, 15) is 9.59 Å². The Morgan fingerprint density at radius 3 is 2.44 bits per heavy atom. The Morgan fingerprint density at radius 2 is 2.06 bits per heavy atom. The molecule has 2 N–H and O–H groups in total. The van der Waals surface area contributed by atoms with Crippen LogP contribution in [0.1, 0.15) is 27.2 Å². The fraction of sp³-hybridized carbons (Fsp3) is 0.818. The molecule has 0 aliphatic carbocycles. The molecule has 0 radical (unpaired) electrons. The summed E-state index contributed by atoms with van der Waals surface area (Å²) in [5.74, 6) is -1.55. The Balaban J connectivity index is 2.58. The van der Waals surface area contributed by atoms with Crippen LogP contribution in [0.25, 0.3) is 0 Å². The van der Waals surface area contributed by atoms with E-state index in [1.165, 1.54) is 0 Å². The maximum atomic E-state index is 11.8. The zero-order chi connectivity index (χ0) is 12.3. The van der Waals surface area contributed by atoms with Crippen molar-refractivity contribution in [2.24, 2.45) is 11.8 Å². The number of nitrogens with one attached hydrogen (secondary N) is 1. The van der Waals surface area contributed by atoms with Crippen molar-refractivity contribution in [3.63, 3.8) is 0 Å². The normalized spacial score (nSPS) is 26.8. The highest BCUT2D eigenvalue weighted by molar-refractivity contribution is 5.85. The minimum absolute atomic E-state index is 0.124. The van der Waals surface area contributed by atoms with Crippen LogP contribution in [0.5, 0.6) is 0 Å². The Morgan fingerprint density at radius 1 is 1.44 bits per heavy atom. The molecule has 16 heavy (non-hydrogen) atoms. The molecule has 0 aromatic carbocycles. The van der Waals surface area contributed by atoms with E-state index in [2.05, 4.69) is 5.32 Å². The Hall–Kier alpha value is -1.10. The van der Waals surface area contributed by atoms with Crippen LogP contribution in [0.4, 0.5) is 0 Å². The molecule has 5 heteroatoms. The first-order chi connectivity index (χ1) is 7.43. The lowest BCUT2D eigenvalue weighted by Gasteiger charge is -2.21. The van der Waals surface area contributed by atoms with E-state index >= 15 is 0 Å². The third-order valence-electron chi connectivity index (χ3n) is 2.94. The molecule has 1 heterocycles. The molecular formula is C11H19NO4. The van der Waals surface area contributed by atoms with E-state index in [1.54, 1.807) is 13.8 Å². The van der Waals surface area contributed by atoms with Crippen molar-refractivity contribution in [3.05, 3.63) is 0 Å². The van der Waals surface area contributed by atoms with Gasteiger partial charge in [-0.25, -0.2) is 4.79 Å². The van der Waals surface area contributed by atoms with Crippen molar-refractivity contribution in [1.29, 1.82) is 0 Å². The topological polar surface area (TPSA) is 75.6 Å². The lowest BCUT2D eigenvalue weighted by atomic mass is 9.99. The molecule has 0 bridgehead atoms. The van der Waals surface area contributed by atoms with Crippen LogP contribution < -0.4 is 5.32 Å². The van der Waals surface area contributed by atoms with Gasteiger partial charge in [-0.05, 0) is 19.3 Å². The monoisotopic (exact) mass is 229 g/mol. The number of hydrogen-bond donors (Lipinski definition) is 2. The van der Waals surface area contributed by atoms with Crippen molar-refractivity contribution in [1.82, 2.24) is 5.32 Å². The van der Waals surface area contributed by atoms with Crippen LogP contribution in [0.2, 0.25) is 0 Å². The van der Waals surface area contributed by atoms with E-state index in [0.29, 0.717) is 13.0 Å². The van der Waals surface area contributed by atoms with Crippen LogP contribution in [-0.2, 0) is 14.3 Å². The molecule has 5 nitrogen and oxygen atoms in total. The van der Waals surface area contributed by atoms with Crippen LogP contribution in [0, 0.1) is 11.8 Å². The summed E-state index contributed by atoms with van der Waals surface area (Å²) in [7, 11) is 0. The third-order valence-corrected chi connectivity index (χ3v) is 2.94. The van der Waals surface area contributed by atoms with E-state index in [0.717, 1.165) is 0 Å². The van der Waals surface area contributed by atoms with Gasteiger partial charge in [0.2, 0.25) is 5.91 Å². The molecule has 0 aromatic heterocycles. The van der Waals surface area contributed by atoms with Gasteiger partial charge in [0.1, 0.15) is 6.04 Å². The second kappa shape index (κ2) is 5.30. The van der Waals surface area contributed by atoms with Crippen LogP contribution in [0.3, 0.4) is 0 Å². The molecule has 1 aliphatic heterocycles. The molecule has 1 amide bonds. The molecule has 1 fully saturated rings. The van der Waals surface area contributed by atoms with Gasteiger partial charge in [0, 0.05) is 6.61 Å². The predicted octanol–water partition coefficient (Wildman–Crippen LogP) is 0.637. The van der Waals surface area contributed by atoms with Crippen LogP contribution >= 0.6 is 0 Å². The molecule has 2 unspecified atom stereocenters. The first-order valence-corrected chi connectivity index (χ1v) is 5.58. The number of carboxylic acid groups (broad SMARTS) is 1. The van der Waals surface area contributed by atoms with Gasteiger partial charge in [-0.1, -0.05) is 13.8 Å². The van der Waals surface area contributed by atoms with Crippen LogP contribution in [-0.4, -0.2) is 35.7 Å². The predicted molar refractivity (Wildman–Crippen MR) is 57.9 cm³/mol. The lowest BCUT2D eigenvalue weighted by Crippen LogP contribution is -2.47. The summed E-state index contributed by atoms with van der Waals surface area (Å²) in [5.41, 5.74) is 0. The second-order valence-corrected chi connectivity index (χ2v) is 4.54. The van der Waals surface area contributed by atoms with Gasteiger partial charge < -0.3 is 15.2 Å². The SMILES string of the molecule is CC1OCCC1C(=O)N[C@H](C(=O)O)C(C)C. The fourth-order valence-corrected chi connectivity index (χ4v) is 1.85. The van der Waals surface area contributed by atoms with Gasteiger partial charge >= 0.3 is 5.97 Å². The average molecular weight is 229 g/mol. The molecule has 92 valence electrons. The highest BCUT2D eigenvalue weighted by atomic mass is 16.5. The van der Waals surface area contributed by atoms with Gasteiger partial charge in [0.15, 0.2) is 0 Å². The van der Waals surface area contributed by atoms with E-state index in [-0.39, 0.29) is 23.8 Å². The number of hydrogen-bond acceptors (Lipinski definition) is 3. The molecule has 1 rings (SSSR count). The first kappa shape index (κ1) is 13.0. The molecule has 0 spiro atoms. The third kappa shape index (κ3) is 2.95. The fourth-order valence-electron chi connectivity index (χ4n) is 1.85. The Bertz CT molecular complexity index is 277. The summed E-state index contributed by atoms with van der Waals surface area (Å²) in [5, 5.41) is 11.5. The van der Waals surface area contributed by atoms with E-state index < -0.39 is 12.0 Å². The smallest absolute Gasteiger partial charge is 0.326 e. The standard InChI is InChI=1S/C11H19NO4/c1-6(2)9(11(14)15)12-10(13)8-4-5-16-7(8)3/h6-9H,4-5H2,1-3H3,(H,12,13)(H,14,15)/t7?,8?,9-/m0/s1. The van der Waals surface area contributed by atoms with Gasteiger partial charge in [0.25, 0.3) is 0 Å². The summed E-state index contributed by atoms with van der Waals surface area (Å²) in [6.07, 6.45) is 0.541. The van der Waals surface area contributed by atoms with E-state index in [4.69, 9.17) is 9.84 Å². The zero-order valence-corrected chi connectivity index (χ0v) is 9.90. The largest absolute Gasteiger partial charge is 0.480 e. The zero-order valence-electron chi connectivity index (χ0n) is 9.90. The van der Waals surface area contributed by atoms with Crippen molar-refractivity contribution in [2.45, 2.75) is 39.3 Å². The number of carboxylic acids is 1. The van der Waals surface area contributed by atoms with Gasteiger partial charge in [0.05, 0.1) is 12.0 Å². The summed E-state index contributed by atoms with van der Waals surface area (Å²) in [6.45, 7) is 5.95. The van der Waals surface area contributed by atoms with Gasteiger partial charge in [-0.15, -0.1) is 0 Å². The highest BCUT2D eigenvalue weighted by Gasteiger charge is 2.33. The van der Waals surface area contributed by atoms with Gasteiger partial charge in [-0.2, -0.15) is 0 Å². The van der Waals surface area contributed by atoms with Gasteiger partial charge in [-0.3, -0.25) is 4.79 Å². The average Bonchev–Trinajstić information content (AvgIpc) is 2.59.